The van der Waals surface area contributed by atoms with Gasteiger partial charge in [-0.05, 0) is 11.8 Å². The first kappa shape index (κ1) is 18.2. The topological polar surface area (TPSA) is 108 Å². The summed E-state index contributed by atoms with van der Waals surface area (Å²) >= 11 is 0. The summed E-state index contributed by atoms with van der Waals surface area (Å²) in [5.74, 6) is -1.23. The van der Waals surface area contributed by atoms with Crippen LogP contribution in [0, 0.1) is 5.41 Å². The van der Waals surface area contributed by atoms with Crippen molar-refractivity contribution in [3.05, 3.63) is 0 Å². The van der Waals surface area contributed by atoms with E-state index in [4.69, 9.17) is 5.11 Å². The molecule has 3 amide bonds. The number of aliphatic carboxylic acids is 1. The van der Waals surface area contributed by atoms with E-state index in [2.05, 4.69) is 16.0 Å². The molecule has 1 atom stereocenters. The Balaban J connectivity index is 4.10. The molecule has 7 nitrogen and oxygen atoms in total. The molecular weight excluding hydrogens is 262 g/mol. The highest BCUT2D eigenvalue weighted by molar-refractivity contribution is 5.83. The van der Waals surface area contributed by atoms with Crippen molar-refractivity contribution in [3.8, 4) is 0 Å². The van der Waals surface area contributed by atoms with Crippen LogP contribution in [0.15, 0.2) is 0 Å². The maximum atomic E-state index is 11.6. The molecule has 0 radical (unpaired) electrons. The van der Waals surface area contributed by atoms with Crippen molar-refractivity contribution in [1.29, 1.82) is 0 Å². The standard InChI is InChI=1S/C13H25N3O4/c1-5-7-14-9(17)6-8-15-12(20)16-10(11(18)19)13(2,3)4/h10H,5-8H2,1-4H3,(H,14,17)(H,18,19)(H2,15,16,20)/t10-/m0/s1. The van der Waals surface area contributed by atoms with Gasteiger partial charge in [-0.2, -0.15) is 0 Å². The van der Waals surface area contributed by atoms with Gasteiger partial charge < -0.3 is 21.1 Å². The number of carbonyl (C=O) groups excluding carboxylic acids is 2. The van der Waals surface area contributed by atoms with E-state index in [0.29, 0.717) is 6.54 Å². The van der Waals surface area contributed by atoms with Crippen molar-refractivity contribution in [3.63, 3.8) is 0 Å². The first-order valence-electron chi connectivity index (χ1n) is 6.72. The van der Waals surface area contributed by atoms with Crippen LogP contribution in [0.1, 0.15) is 40.5 Å². The van der Waals surface area contributed by atoms with Gasteiger partial charge in [-0.15, -0.1) is 0 Å². The largest absolute Gasteiger partial charge is 0.480 e. The molecule has 4 N–H and O–H groups in total. The van der Waals surface area contributed by atoms with Crippen LogP contribution in [0.4, 0.5) is 4.79 Å². The molecule has 0 unspecified atom stereocenters. The minimum atomic E-state index is -1.09. The summed E-state index contributed by atoms with van der Waals surface area (Å²) in [6.07, 6.45) is 1.02. The van der Waals surface area contributed by atoms with Gasteiger partial charge in [0.05, 0.1) is 0 Å². The third-order valence-corrected chi connectivity index (χ3v) is 2.60. The second-order valence-corrected chi connectivity index (χ2v) is 5.64. The molecule has 0 bridgehead atoms. The zero-order valence-electron chi connectivity index (χ0n) is 12.6. The van der Waals surface area contributed by atoms with Gasteiger partial charge in [-0.25, -0.2) is 9.59 Å². The van der Waals surface area contributed by atoms with Gasteiger partial charge in [0.2, 0.25) is 5.91 Å². The van der Waals surface area contributed by atoms with Crippen LogP contribution in [0.5, 0.6) is 0 Å². The lowest BCUT2D eigenvalue weighted by molar-refractivity contribution is -0.141. The Morgan fingerprint density at radius 3 is 2.15 bits per heavy atom. The molecule has 0 rings (SSSR count). The van der Waals surface area contributed by atoms with E-state index < -0.39 is 23.5 Å². The van der Waals surface area contributed by atoms with Crippen molar-refractivity contribution in [1.82, 2.24) is 16.0 Å². The Labute approximate surface area is 119 Å². The highest BCUT2D eigenvalue weighted by Crippen LogP contribution is 2.19. The summed E-state index contributed by atoms with van der Waals surface area (Å²) in [7, 11) is 0. The van der Waals surface area contributed by atoms with Gasteiger partial charge in [0.15, 0.2) is 0 Å². The molecule has 0 spiro atoms. The molecule has 0 fully saturated rings. The molecule has 7 heteroatoms. The summed E-state index contributed by atoms with van der Waals surface area (Å²) in [5.41, 5.74) is -0.596. The fraction of sp³-hybridized carbons (Fsp3) is 0.769. The molecule has 0 aliphatic rings. The van der Waals surface area contributed by atoms with E-state index in [1.165, 1.54) is 0 Å². The number of carbonyl (C=O) groups is 3. The molecule has 0 aliphatic carbocycles. The van der Waals surface area contributed by atoms with Crippen LogP contribution < -0.4 is 16.0 Å². The summed E-state index contributed by atoms with van der Waals surface area (Å²) in [6, 6.07) is -1.58. The molecule has 0 aromatic heterocycles. The minimum Gasteiger partial charge on any atom is -0.480 e. The maximum Gasteiger partial charge on any atom is 0.326 e. The number of amides is 3. The molecule has 0 aromatic carbocycles. The van der Waals surface area contributed by atoms with Crippen LogP contribution in [-0.4, -0.2) is 42.1 Å². The first-order valence-corrected chi connectivity index (χ1v) is 6.72. The van der Waals surface area contributed by atoms with Crippen molar-refractivity contribution in [2.45, 2.75) is 46.6 Å². The second-order valence-electron chi connectivity index (χ2n) is 5.64. The number of hydrogen-bond donors (Lipinski definition) is 4. The summed E-state index contributed by atoms with van der Waals surface area (Å²) in [4.78, 5) is 34.0. The Bertz CT molecular complexity index is 350. The third kappa shape index (κ3) is 7.60. The zero-order chi connectivity index (χ0) is 15.8. The third-order valence-electron chi connectivity index (χ3n) is 2.60. The maximum absolute atomic E-state index is 11.6. The molecule has 0 heterocycles. The molecule has 0 saturated heterocycles. The van der Waals surface area contributed by atoms with Crippen molar-refractivity contribution in [2.75, 3.05) is 13.1 Å². The summed E-state index contributed by atoms with van der Waals surface area (Å²) in [5, 5.41) is 16.6. The quantitative estimate of drug-likeness (QED) is 0.553. The van der Waals surface area contributed by atoms with E-state index in [1.54, 1.807) is 20.8 Å². The molecule has 0 saturated carbocycles. The average Bonchev–Trinajstić information content (AvgIpc) is 2.31. The predicted octanol–water partition coefficient (Wildman–Crippen LogP) is 0.701. The number of carboxylic acid groups (broad SMARTS) is 1. The van der Waals surface area contributed by atoms with Gasteiger partial charge >= 0.3 is 12.0 Å². The van der Waals surface area contributed by atoms with Gasteiger partial charge in [-0.1, -0.05) is 27.7 Å². The number of hydrogen-bond acceptors (Lipinski definition) is 3. The normalized spacial score (nSPS) is 12.4. The summed E-state index contributed by atoms with van der Waals surface area (Å²) in [6.45, 7) is 7.90. The van der Waals surface area contributed by atoms with Crippen molar-refractivity contribution >= 4 is 17.9 Å². The van der Waals surface area contributed by atoms with E-state index in [-0.39, 0.29) is 18.9 Å². The monoisotopic (exact) mass is 287 g/mol. The second kappa shape index (κ2) is 8.39. The lowest BCUT2D eigenvalue weighted by Gasteiger charge is -2.27. The van der Waals surface area contributed by atoms with Gasteiger partial charge in [0.1, 0.15) is 6.04 Å². The van der Waals surface area contributed by atoms with Gasteiger partial charge in [0.25, 0.3) is 0 Å². The fourth-order valence-electron chi connectivity index (χ4n) is 1.47. The van der Waals surface area contributed by atoms with Crippen LogP contribution >= 0.6 is 0 Å². The van der Waals surface area contributed by atoms with Crippen LogP contribution in [0.25, 0.3) is 0 Å². The van der Waals surface area contributed by atoms with Gasteiger partial charge in [-0.3, -0.25) is 4.79 Å². The highest BCUT2D eigenvalue weighted by Gasteiger charge is 2.32. The lowest BCUT2D eigenvalue weighted by atomic mass is 9.87. The molecule has 0 aliphatic heterocycles. The minimum absolute atomic E-state index is 0.141. The fourth-order valence-corrected chi connectivity index (χ4v) is 1.47. The van der Waals surface area contributed by atoms with E-state index >= 15 is 0 Å². The van der Waals surface area contributed by atoms with Crippen molar-refractivity contribution < 1.29 is 19.5 Å². The highest BCUT2D eigenvalue weighted by atomic mass is 16.4. The average molecular weight is 287 g/mol. The summed E-state index contributed by atoms with van der Waals surface area (Å²) < 4.78 is 0. The van der Waals surface area contributed by atoms with Crippen molar-refractivity contribution in [2.24, 2.45) is 5.41 Å². The van der Waals surface area contributed by atoms with E-state index in [1.807, 2.05) is 6.92 Å². The Morgan fingerprint density at radius 1 is 1.10 bits per heavy atom. The molecule has 20 heavy (non-hydrogen) atoms. The number of rotatable bonds is 7. The Kier molecular flexibility index (Phi) is 7.64. The Morgan fingerprint density at radius 2 is 1.70 bits per heavy atom. The van der Waals surface area contributed by atoms with Crippen LogP contribution in [-0.2, 0) is 9.59 Å². The van der Waals surface area contributed by atoms with E-state index in [9.17, 15) is 14.4 Å². The molecular formula is C13H25N3O4. The number of urea groups is 1. The Hall–Kier alpha value is -1.79. The SMILES string of the molecule is CCCNC(=O)CCNC(=O)N[C@@H](C(=O)O)C(C)(C)C. The number of carboxylic acids is 1. The van der Waals surface area contributed by atoms with E-state index in [0.717, 1.165) is 6.42 Å². The lowest BCUT2D eigenvalue weighted by Crippen LogP contribution is -2.52. The smallest absolute Gasteiger partial charge is 0.326 e. The molecule has 0 aromatic rings. The predicted molar refractivity (Wildman–Crippen MR) is 75.3 cm³/mol. The number of nitrogens with one attached hydrogen (secondary N) is 3. The van der Waals surface area contributed by atoms with Gasteiger partial charge in [0, 0.05) is 19.5 Å². The molecule has 116 valence electrons. The zero-order valence-corrected chi connectivity index (χ0v) is 12.6. The first-order chi connectivity index (χ1) is 9.18. The van der Waals surface area contributed by atoms with Crippen LogP contribution in [0.2, 0.25) is 0 Å². The van der Waals surface area contributed by atoms with Crippen LogP contribution in [0.3, 0.4) is 0 Å².